The molecule has 0 aromatic heterocycles. The molecule has 0 spiro atoms. The highest BCUT2D eigenvalue weighted by molar-refractivity contribution is 7.80. The normalized spacial score (nSPS) is 19.2. The number of anilines is 2. The zero-order valence-corrected chi connectivity index (χ0v) is 16.0. The second kappa shape index (κ2) is 8.99. The van der Waals surface area contributed by atoms with Crippen LogP contribution in [0.3, 0.4) is 0 Å². The summed E-state index contributed by atoms with van der Waals surface area (Å²) >= 11 is 4.87. The number of carbonyl (C=O) groups excluding carboxylic acids is 1. The maximum Gasteiger partial charge on any atom is 0.414 e. The summed E-state index contributed by atoms with van der Waals surface area (Å²) in [5, 5.41) is 20.5. The van der Waals surface area contributed by atoms with Gasteiger partial charge in [-0.05, 0) is 31.0 Å². The van der Waals surface area contributed by atoms with Crippen LogP contribution >= 0.6 is 12.2 Å². The Bertz CT molecular complexity index is 829. The fourth-order valence-electron chi connectivity index (χ4n) is 3.31. The van der Waals surface area contributed by atoms with Gasteiger partial charge in [0.1, 0.15) is 16.9 Å². The van der Waals surface area contributed by atoms with Gasteiger partial charge in [0.05, 0.1) is 37.1 Å². The summed E-state index contributed by atoms with van der Waals surface area (Å²) in [6, 6.07) is 6.75. The van der Waals surface area contributed by atoms with Crippen LogP contribution in [0.2, 0.25) is 0 Å². The molecule has 2 aliphatic heterocycles. The minimum Gasteiger partial charge on any atom is -0.442 e. The van der Waals surface area contributed by atoms with E-state index in [0.29, 0.717) is 24.5 Å². The van der Waals surface area contributed by atoms with Gasteiger partial charge in [0.25, 0.3) is 0 Å². The summed E-state index contributed by atoms with van der Waals surface area (Å²) in [6.07, 6.45) is 2.05. The fourth-order valence-corrected chi connectivity index (χ4v) is 3.40. The highest BCUT2D eigenvalue weighted by atomic mass is 32.1. The van der Waals surface area contributed by atoms with Gasteiger partial charge in [-0.25, -0.2) is 9.18 Å². The Balaban J connectivity index is 1.64. The number of hydrogen-bond acceptors (Lipinski definition) is 6. The smallest absolute Gasteiger partial charge is 0.414 e. The summed E-state index contributed by atoms with van der Waals surface area (Å²) < 4.78 is 20.0. The second-order valence-electron chi connectivity index (χ2n) is 6.63. The van der Waals surface area contributed by atoms with Crippen molar-refractivity contribution in [3.05, 3.63) is 35.7 Å². The number of cyclic esters (lactones) is 1. The summed E-state index contributed by atoms with van der Waals surface area (Å²) in [5.41, 5.74) is 2.00. The first kappa shape index (κ1) is 20.0. The molecule has 0 aliphatic carbocycles. The first-order chi connectivity index (χ1) is 13.5. The van der Waals surface area contributed by atoms with Crippen molar-refractivity contribution in [3.63, 3.8) is 0 Å². The molecule has 7 nitrogen and oxygen atoms in total. The Hall–Kier alpha value is -2.70. The number of benzene rings is 1. The van der Waals surface area contributed by atoms with Gasteiger partial charge in [0.2, 0.25) is 0 Å². The molecule has 1 unspecified atom stereocenters. The van der Waals surface area contributed by atoms with Gasteiger partial charge < -0.3 is 20.1 Å². The molecule has 148 valence electrons. The number of rotatable bonds is 5. The second-order valence-corrected chi connectivity index (χ2v) is 7.13. The van der Waals surface area contributed by atoms with Gasteiger partial charge in [-0.1, -0.05) is 17.8 Å². The fraction of sp³-hybridized carbons (Fsp3) is 0.421. The quantitative estimate of drug-likeness (QED) is 0.574. The number of nitriles is 1. The Morgan fingerprint density at radius 1 is 1.46 bits per heavy atom. The number of allylic oxidation sites excluding steroid dienone is 1. The molecule has 2 N–H and O–H groups in total. The molecule has 0 bridgehead atoms. The third-order valence-electron chi connectivity index (χ3n) is 4.80. The van der Waals surface area contributed by atoms with Crippen molar-refractivity contribution in [2.45, 2.75) is 18.9 Å². The van der Waals surface area contributed by atoms with Crippen molar-refractivity contribution in [1.82, 2.24) is 5.32 Å². The van der Waals surface area contributed by atoms with Crippen molar-refractivity contribution in [1.29, 1.82) is 5.26 Å². The van der Waals surface area contributed by atoms with Crippen molar-refractivity contribution in [2.75, 3.05) is 42.6 Å². The molecular weight excluding hydrogens is 383 g/mol. The number of nitrogens with one attached hydrogen (secondary N) is 1. The summed E-state index contributed by atoms with van der Waals surface area (Å²) in [7, 11) is 0. The van der Waals surface area contributed by atoms with E-state index in [0.717, 1.165) is 18.4 Å². The number of halogens is 1. The molecule has 2 heterocycles. The number of aliphatic hydroxyl groups is 1. The number of carbonyl (C=O) groups is 1. The maximum absolute atomic E-state index is 14.7. The van der Waals surface area contributed by atoms with Crippen LogP contribution in [-0.4, -0.2) is 55.1 Å². The third kappa shape index (κ3) is 4.58. The molecule has 2 saturated heterocycles. The molecule has 28 heavy (non-hydrogen) atoms. The first-order valence-corrected chi connectivity index (χ1v) is 9.40. The van der Waals surface area contributed by atoms with Crippen LogP contribution in [0.25, 0.3) is 0 Å². The minimum absolute atomic E-state index is 0.267. The predicted octanol–water partition coefficient (Wildman–Crippen LogP) is 2.11. The van der Waals surface area contributed by atoms with Crippen LogP contribution in [0.15, 0.2) is 29.8 Å². The van der Waals surface area contributed by atoms with Crippen LogP contribution in [0.5, 0.6) is 0 Å². The van der Waals surface area contributed by atoms with Gasteiger partial charge in [0, 0.05) is 19.2 Å². The Morgan fingerprint density at radius 3 is 2.86 bits per heavy atom. The molecule has 1 aromatic carbocycles. The highest BCUT2D eigenvalue weighted by Crippen LogP contribution is 2.30. The van der Waals surface area contributed by atoms with E-state index < -0.39 is 18.0 Å². The average molecular weight is 404 g/mol. The number of thiocarbonyl (C=S) groups is 1. The third-order valence-corrected chi connectivity index (χ3v) is 5.08. The SMILES string of the molecule is N#CC=C1CCN(c2ccc(N3CC(CNC(=S)CO)OC3=O)cc2F)CC1. The van der Waals surface area contributed by atoms with Gasteiger partial charge >= 0.3 is 6.09 Å². The van der Waals surface area contributed by atoms with Crippen LogP contribution in [0, 0.1) is 17.1 Å². The molecule has 1 amide bonds. The summed E-state index contributed by atoms with van der Waals surface area (Å²) in [4.78, 5) is 15.7. The van der Waals surface area contributed by atoms with E-state index in [-0.39, 0.29) is 24.7 Å². The van der Waals surface area contributed by atoms with Gasteiger partial charge in [0.15, 0.2) is 0 Å². The lowest BCUT2D eigenvalue weighted by Gasteiger charge is -2.30. The molecule has 9 heteroatoms. The number of hydrogen-bond donors (Lipinski definition) is 2. The molecule has 1 atom stereocenters. The number of amides is 1. The van der Waals surface area contributed by atoms with E-state index in [2.05, 4.69) is 5.32 Å². The van der Waals surface area contributed by atoms with Crippen LogP contribution in [-0.2, 0) is 4.74 Å². The van der Waals surface area contributed by atoms with Gasteiger partial charge in [-0.15, -0.1) is 0 Å². The monoisotopic (exact) mass is 404 g/mol. The number of piperidine rings is 1. The molecule has 1 aromatic rings. The van der Waals surface area contributed by atoms with Crippen molar-refractivity contribution in [2.24, 2.45) is 0 Å². The Kier molecular flexibility index (Phi) is 6.44. The number of nitrogens with zero attached hydrogens (tertiary/aromatic N) is 3. The van der Waals surface area contributed by atoms with Crippen LogP contribution in [0.1, 0.15) is 12.8 Å². The molecular formula is C19H21FN4O3S. The van der Waals surface area contributed by atoms with Crippen molar-refractivity contribution < 1.29 is 19.0 Å². The molecule has 2 aliphatic rings. The Labute approximate surface area is 168 Å². The lowest BCUT2D eigenvalue weighted by atomic mass is 10.0. The summed E-state index contributed by atoms with van der Waals surface area (Å²) in [6.45, 7) is 1.58. The van der Waals surface area contributed by atoms with Crippen molar-refractivity contribution in [3.8, 4) is 6.07 Å². The zero-order valence-electron chi connectivity index (χ0n) is 15.2. The Morgan fingerprint density at radius 2 is 2.21 bits per heavy atom. The zero-order chi connectivity index (χ0) is 20.1. The van der Waals surface area contributed by atoms with E-state index in [1.165, 1.54) is 11.0 Å². The lowest BCUT2D eigenvalue weighted by Crippen LogP contribution is -2.35. The van der Waals surface area contributed by atoms with Crippen molar-refractivity contribution >= 4 is 34.7 Å². The molecule has 0 radical (unpaired) electrons. The number of ether oxygens (including phenoxy) is 1. The van der Waals surface area contributed by atoms with Crippen LogP contribution in [0.4, 0.5) is 20.6 Å². The highest BCUT2D eigenvalue weighted by Gasteiger charge is 2.33. The van der Waals surface area contributed by atoms with Gasteiger partial charge in [-0.2, -0.15) is 5.26 Å². The van der Waals surface area contributed by atoms with Gasteiger partial charge in [-0.3, -0.25) is 4.90 Å². The van der Waals surface area contributed by atoms with E-state index in [9.17, 15) is 9.18 Å². The minimum atomic E-state index is -0.543. The molecule has 0 saturated carbocycles. The summed E-state index contributed by atoms with van der Waals surface area (Å²) in [5.74, 6) is -0.402. The topological polar surface area (TPSA) is 88.8 Å². The van der Waals surface area contributed by atoms with E-state index in [4.69, 9.17) is 27.3 Å². The largest absolute Gasteiger partial charge is 0.442 e. The average Bonchev–Trinajstić information content (AvgIpc) is 3.07. The van der Waals surface area contributed by atoms with E-state index in [1.807, 2.05) is 11.0 Å². The predicted molar refractivity (Wildman–Crippen MR) is 107 cm³/mol. The lowest BCUT2D eigenvalue weighted by molar-refractivity contribution is 0.142. The molecule has 2 fully saturated rings. The number of aliphatic hydroxyl groups excluding tert-OH is 1. The van der Waals surface area contributed by atoms with Crippen LogP contribution < -0.4 is 15.1 Å². The first-order valence-electron chi connectivity index (χ1n) is 8.99. The van der Waals surface area contributed by atoms with E-state index >= 15 is 0 Å². The van der Waals surface area contributed by atoms with E-state index in [1.54, 1.807) is 18.2 Å². The standard InChI is InChI=1S/C19H21FN4O3S/c20-16-9-14(24-11-15(27-19(24)26)10-22-18(28)12-25)1-2-17(16)23-7-4-13(3-6-21)5-8-23/h1-3,9,15,25H,4-5,7-8,10-12H2,(H,22,28). The molecule has 3 rings (SSSR count). The maximum atomic E-state index is 14.7.